The van der Waals surface area contributed by atoms with Crippen LogP contribution in [0.3, 0.4) is 0 Å². The molecule has 1 aromatic carbocycles. The van der Waals surface area contributed by atoms with Crippen molar-refractivity contribution in [1.29, 1.82) is 0 Å². The summed E-state index contributed by atoms with van der Waals surface area (Å²) in [7, 11) is 0. The van der Waals surface area contributed by atoms with E-state index < -0.39 is 18.0 Å². The molecule has 1 saturated heterocycles. The monoisotopic (exact) mass is 505 g/mol. The zero-order valence-electron chi connectivity index (χ0n) is 22.3. The van der Waals surface area contributed by atoms with Gasteiger partial charge in [-0.25, -0.2) is 0 Å². The maximum Gasteiger partial charge on any atom is 0.287 e. The Balaban J connectivity index is 1.44. The Kier molecular flexibility index (Phi) is 8.20. The van der Waals surface area contributed by atoms with Crippen LogP contribution in [0.25, 0.3) is 6.08 Å². The third-order valence-electron chi connectivity index (χ3n) is 7.90. The van der Waals surface area contributed by atoms with E-state index in [1.807, 2.05) is 32.6 Å². The Morgan fingerprint density at radius 3 is 2.41 bits per heavy atom. The molecule has 1 fully saturated rings. The van der Waals surface area contributed by atoms with Gasteiger partial charge in [0.2, 0.25) is 11.8 Å². The van der Waals surface area contributed by atoms with Crippen molar-refractivity contribution in [3.63, 3.8) is 0 Å². The molecule has 3 atom stereocenters. The highest BCUT2D eigenvalue weighted by Gasteiger charge is 2.41. The standard InChI is InChI=1S/C30H39N3O4/c1-5-21(4)26(32-27(34)24(19-20(2)3)31-28(35)25-11-8-18-37-25)29(36)33-16-14-30(15-17-33)13-12-22-9-6-7-10-23(22)30/h6-13,18,20-21,24,26H,5,14-17,19H2,1-4H3,(H,31,35)(H,32,34)/t21-,24-,26-/m0/s1. The van der Waals surface area contributed by atoms with Crippen LogP contribution >= 0.6 is 0 Å². The summed E-state index contributed by atoms with van der Waals surface area (Å²) in [6.45, 7) is 9.29. The van der Waals surface area contributed by atoms with Crippen LogP contribution in [0.4, 0.5) is 0 Å². The minimum Gasteiger partial charge on any atom is -0.459 e. The molecule has 7 heteroatoms. The van der Waals surface area contributed by atoms with Crippen LogP contribution in [-0.2, 0) is 15.0 Å². The van der Waals surface area contributed by atoms with Crippen LogP contribution in [0, 0.1) is 11.8 Å². The fraction of sp³-hybridized carbons (Fsp3) is 0.500. The number of benzene rings is 1. The normalized spacial score (nSPS) is 18.4. The maximum absolute atomic E-state index is 13.7. The van der Waals surface area contributed by atoms with Gasteiger partial charge in [0.1, 0.15) is 12.1 Å². The van der Waals surface area contributed by atoms with Gasteiger partial charge in [0, 0.05) is 18.5 Å². The average Bonchev–Trinajstić information content (AvgIpc) is 3.56. The van der Waals surface area contributed by atoms with E-state index in [0.717, 1.165) is 19.3 Å². The first-order chi connectivity index (χ1) is 17.7. The number of nitrogens with zero attached hydrogens (tertiary/aromatic N) is 1. The largest absolute Gasteiger partial charge is 0.459 e. The molecule has 2 aromatic rings. The van der Waals surface area contributed by atoms with Crippen LogP contribution in [-0.4, -0.2) is 47.8 Å². The second-order valence-electron chi connectivity index (χ2n) is 10.9. The lowest BCUT2D eigenvalue weighted by molar-refractivity contribution is -0.139. The molecule has 0 unspecified atom stereocenters. The average molecular weight is 506 g/mol. The lowest BCUT2D eigenvalue weighted by Crippen LogP contribution is -2.58. The van der Waals surface area contributed by atoms with E-state index in [9.17, 15) is 14.4 Å². The fourth-order valence-electron chi connectivity index (χ4n) is 5.47. The summed E-state index contributed by atoms with van der Waals surface area (Å²) < 4.78 is 5.19. The van der Waals surface area contributed by atoms with Crippen molar-refractivity contribution in [2.24, 2.45) is 11.8 Å². The van der Waals surface area contributed by atoms with Gasteiger partial charge in [-0.05, 0) is 54.4 Å². The predicted molar refractivity (Wildman–Crippen MR) is 144 cm³/mol. The van der Waals surface area contributed by atoms with Gasteiger partial charge in [0.05, 0.1) is 6.26 Å². The third-order valence-corrected chi connectivity index (χ3v) is 7.90. The first kappa shape index (κ1) is 26.7. The lowest BCUT2D eigenvalue weighted by atomic mass is 9.74. The number of allylic oxidation sites excluding steroid dienone is 1. The molecule has 2 aliphatic rings. The Hall–Kier alpha value is -3.35. The molecule has 4 rings (SSSR count). The van der Waals surface area contributed by atoms with Crippen molar-refractivity contribution in [2.75, 3.05) is 13.1 Å². The number of hydrogen-bond acceptors (Lipinski definition) is 4. The van der Waals surface area contributed by atoms with Gasteiger partial charge in [-0.3, -0.25) is 14.4 Å². The SMILES string of the molecule is CC[C@H](C)[C@H](NC(=O)[C@H](CC(C)C)NC(=O)c1ccco1)C(=O)N1CCC2(C=Cc3ccccc32)CC1. The molecule has 198 valence electrons. The number of piperidine rings is 1. The number of likely N-dealkylation sites (tertiary alicyclic amines) is 1. The minimum absolute atomic E-state index is 0.0129. The van der Waals surface area contributed by atoms with Gasteiger partial charge in [0.25, 0.3) is 5.91 Å². The molecular formula is C30H39N3O4. The highest BCUT2D eigenvalue weighted by atomic mass is 16.3. The number of furan rings is 1. The smallest absolute Gasteiger partial charge is 0.287 e. The van der Waals surface area contributed by atoms with Crippen molar-refractivity contribution >= 4 is 23.8 Å². The van der Waals surface area contributed by atoms with Crippen molar-refractivity contribution < 1.29 is 18.8 Å². The maximum atomic E-state index is 13.7. The topological polar surface area (TPSA) is 91.6 Å². The Morgan fingerprint density at radius 2 is 1.76 bits per heavy atom. The van der Waals surface area contributed by atoms with Gasteiger partial charge >= 0.3 is 0 Å². The Labute approximate surface area is 219 Å². The number of carbonyl (C=O) groups is 3. The second kappa shape index (κ2) is 11.4. The van der Waals surface area contributed by atoms with Crippen LogP contribution in [0.5, 0.6) is 0 Å². The summed E-state index contributed by atoms with van der Waals surface area (Å²) in [5, 5.41) is 5.80. The second-order valence-corrected chi connectivity index (χ2v) is 10.9. The van der Waals surface area contributed by atoms with Crippen molar-refractivity contribution in [3.8, 4) is 0 Å². The number of amides is 3. The summed E-state index contributed by atoms with van der Waals surface area (Å²) in [6.07, 6.45) is 8.85. The Morgan fingerprint density at radius 1 is 1.03 bits per heavy atom. The number of fused-ring (bicyclic) bond motifs is 2. The highest BCUT2D eigenvalue weighted by Crippen LogP contribution is 2.43. The van der Waals surface area contributed by atoms with E-state index in [0.29, 0.717) is 19.5 Å². The summed E-state index contributed by atoms with van der Waals surface area (Å²) in [5.74, 6) is -0.544. The number of hydrogen-bond donors (Lipinski definition) is 2. The van der Waals surface area contributed by atoms with Crippen molar-refractivity contribution in [2.45, 2.75) is 70.9 Å². The third kappa shape index (κ3) is 5.81. The number of carbonyl (C=O) groups excluding carboxylic acids is 3. The molecule has 0 saturated carbocycles. The summed E-state index contributed by atoms with van der Waals surface area (Å²) in [6, 6.07) is 10.3. The van der Waals surface area contributed by atoms with Crippen LogP contribution in [0.1, 0.15) is 75.1 Å². The van der Waals surface area contributed by atoms with Crippen molar-refractivity contribution in [3.05, 3.63) is 65.6 Å². The van der Waals surface area contributed by atoms with Gasteiger partial charge in [-0.15, -0.1) is 0 Å². The van der Waals surface area contributed by atoms with E-state index in [-0.39, 0.29) is 34.8 Å². The van der Waals surface area contributed by atoms with Gasteiger partial charge in [-0.2, -0.15) is 0 Å². The van der Waals surface area contributed by atoms with Crippen LogP contribution in [0.2, 0.25) is 0 Å². The summed E-state index contributed by atoms with van der Waals surface area (Å²) in [5.41, 5.74) is 2.60. The quantitative estimate of drug-likeness (QED) is 0.523. The van der Waals surface area contributed by atoms with Crippen LogP contribution < -0.4 is 10.6 Å². The molecule has 0 bridgehead atoms. The highest BCUT2D eigenvalue weighted by molar-refractivity contribution is 5.96. The summed E-state index contributed by atoms with van der Waals surface area (Å²) >= 11 is 0. The molecule has 2 heterocycles. The first-order valence-electron chi connectivity index (χ1n) is 13.5. The molecule has 1 aromatic heterocycles. The molecule has 1 spiro atoms. The molecule has 7 nitrogen and oxygen atoms in total. The molecule has 37 heavy (non-hydrogen) atoms. The molecule has 1 aliphatic heterocycles. The molecule has 1 aliphatic carbocycles. The number of nitrogens with one attached hydrogen (secondary N) is 2. The minimum atomic E-state index is -0.762. The van der Waals surface area contributed by atoms with Crippen molar-refractivity contribution in [1.82, 2.24) is 15.5 Å². The van der Waals surface area contributed by atoms with Crippen LogP contribution in [0.15, 0.2) is 53.2 Å². The zero-order valence-corrected chi connectivity index (χ0v) is 22.3. The number of rotatable bonds is 9. The van der Waals surface area contributed by atoms with Gasteiger partial charge in [0.15, 0.2) is 5.76 Å². The predicted octanol–water partition coefficient (Wildman–Crippen LogP) is 4.54. The van der Waals surface area contributed by atoms with Gasteiger partial charge in [-0.1, -0.05) is 70.5 Å². The first-order valence-corrected chi connectivity index (χ1v) is 13.5. The molecular weight excluding hydrogens is 466 g/mol. The van der Waals surface area contributed by atoms with E-state index in [1.54, 1.807) is 12.1 Å². The fourth-order valence-corrected chi connectivity index (χ4v) is 5.47. The van der Waals surface area contributed by atoms with Gasteiger partial charge < -0.3 is 20.0 Å². The van der Waals surface area contributed by atoms with E-state index >= 15 is 0 Å². The zero-order chi connectivity index (χ0) is 26.6. The molecule has 3 amide bonds. The molecule has 0 radical (unpaired) electrons. The Bertz CT molecular complexity index is 1130. The van der Waals surface area contributed by atoms with E-state index in [1.165, 1.54) is 17.4 Å². The molecule has 2 N–H and O–H groups in total. The van der Waals surface area contributed by atoms with E-state index in [2.05, 4.69) is 47.1 Å². The van der Waals surface area contributed by atoms with E-state index in [4.69, 9.17) is 4.42 Å². The lowest BCUT2D eigenvalue weighted by Gasteiger charge is -2.41. The summed E-state index contributed by atoms with van der Waals surface area (Å²) in [4.78, 5) is 41.6.